The summed E-state index contributed by atoms with van der Waals surface area (Å²) in [6.45, 7) is 3.38. The second-order valence-electron chi connectivity index (χ2n) is 12.1. The number of aliphatic hydroxyl groups excluding tert-OH is 1. The van der Waals surface area contributed by atoms with Crippen LogP contribution in [0.25, 0.3) is 22.0 Å². The molecule has 5 aliphatic rings. The highest BCUT2D eigenvalue weighted by Crippen LogP contribution is 2.49. The number of amidine groups is 1. The van der Waals surface area contributed by atoms with Crippen molar-refractivity contribution in [2.24, 2.45) is 22.7 Å². The van der Waals surface area contributed by atoms with E-state index in [9.17, 15) is 9.90 Å². The van der Waals surface area contributed by atoms with Crippen LogP contribution < -0.4 is 0 Å². The number of fused-ring (bicyclic) bond motifs is 1. The molecule has 2 aliphatic heterocycles. The van der Waals surface area contributed by atoms with Gasteiger partial charge in [0.1, 0.15) is 11.4 Å². The number of hydrogen-bond donors (Lipinski definition) is 1. The first kappa shape index (κ1) is 21.9. The largest absolute Gasteiger partial charge is 0.371 e. The summed E-state index contributed by atoms with van der Waals surface area (Å²) in [6.07, 6.45) is 8.06. The molecule has 1 aromatic heterocycles. The van der Waals surface area contributed by atoms with Crippen LogP contribution in [0.5, 0.6) is 0 Å². The molecule has 3 aliphatic carbocycles. The predicted molar refractivity (Wildman–Crippen MR) is 142 cm³/mol. The molecule has 1 unspecified atom stereocenters. The summed E-state index contributed by atoms with van der Waals surface area (Å²) in [5.41, 5.74) is 4.28. The van der Waals surface area contributed by atoms with Crippen molar-refractivity contribution in [2.45, 2.75) is 56.8 Å². The first-order valence-corrected chi connectivity index (χ1v) is 14.0. The minimum Gasteiger partial charge on any atom is -0.371 e. The van der Waals surface area contributed by atoms with Crippen molar-refractivity contribution < 1.29 is 9.90 Å². The van der Waals surface area contributed by atoms with Crippen LogP contribution >= 0.6 is 0 Å². The Labute approximate surface area is 216 Å². The fourth-order valence-corrected chi connectivity index (χ4v) is 6.15. The van der Waals surface area contributed by atoms with E-state index in [1.54, 1.807) is 0 Å². The highest BCUT2D eigenvalue weighted by Gasteiger charge is 2.57. The monoisotopic (exact) mass is 495 g/mol. The smallest absolute Gasteiger partial charge is 0.225 e. The van der Waals surface area contributed by atoms with Crippen molar-refractivity contribution in [1.29, 1.82) is 0 Å². The predicted octanol–water partition coefficient (Wildman–Crippen LogP) is 3.89. The van der Waals surface area contributed by atoms with Crippen molar-refractivity contribution in [3.05, 3.63) is 54.2 Å². The zero-order valence-electron chi connectivity index (χ0n) is 21.1. The van der Waals surface area contributed by atoms with Crippen molar-refractivity contribution in [3.63, 3.8) is 0 Å². The number of rotatable bonds is 7. The molecule has 1 amide bonds. The van der Waals surface area contributed by atoms with Gasteiger partial charge in [0.25, 0.3) is 0 Å². The van der Waals surface area contributed by atoms with Crippen LogP contribution in [-0.2, 0) is 11.3 Å². The summed E-state index contributed by atoms with van der Waals surface area (Å²) in [6, 6.07) is 15.2. The molecule has 3 heterocycles. The molecule has 37 heavy (non-hydrogen) atoms. The number of amides is 1. The summed E-state index contributed by atoms with van der Waals surface area (Å²) in [4.78, 5) is 21.5. The highest BCUT2D eigenvalue weighted by molar-refractivity contribution is 6.01. The molecule has 2 aromatic carbocycles. The number of carbonyl (C=O) groups is 1. The zero-order valence-corrected chi connectivity index (χ0v) is 21.1. The average molecular weight is 496 g/mol. The van der Waals surface area contributed by atoms with E-state index < -0.39 is 6.23 Å². The maximum Gasteiger partial charge on any atom is 0.225 e. The molecule has 190 valence electrons. The zero-order chi connectivity index (χ0) is 24.7. The van der Waals surface area contributed by atoms with Crippen molar-refractivity contribution >= 4 is 22.6 Å². The first-order chi connectivity index (χ1) is 18.1. The number of benzene rings is 2. The van der Waals surface area contributed by atoms with Crippen LogP contribution in [0.3, 0.4) is 0 Å². The van der Waals surface area contributed by atoms with Crippen molar-refractivity contribution in [3.8, 4) is 11.1 Å². The van der Waals surface area contributed by atoms with E-state index in [1.807, 2.05) is 11.1 Å². The number of likely N-dealkylation sites (tertiary alicyclic amines) is 1. The second-order valence-corrected chi connectivity index (χ2v) is 12.1. The molecule has 1 atom stereocenters. The van der Waals surface area contributed by atoms with E-state index >= 15 is 0 Å². The Balaban J connectivity index is 1.00. The molecule has 1 saturated heterocycles. The van der Waals surface area contributed by atoms with Crippen LogP contribution in [0, 0.1) is 17.8 Å². The molecule has 8 rings (SSSR count). The maximum absolute atomic E-state index is 12.3. The molecule has 3 saturated carbocycles. The second kappa shape index (κ2) is 7.90. The van der Waals surface area contributed by atoms with E-state index in [0.717, 1.165) is 69.2 Å². The van der Waals surface area contributed by atoms with Crippen LogP contribution in [0.4, 0.5) is 0 Å². The maximum atomic E-state index is 12.3. The van der Waals surface area contributed by atoms with Gasteiger partial charge in [0.15, 0.2) is 6.23 Å². The Bertz CT molecular complexity index is 1410. The Morgan fingerprint density at radius 1 is 0.919 bits per heavy atom. The molecule has 7 heteroatoms. The summed E-state index contributed by atoms with van der Waals surface area (Å²) in [5.74, 6) is 2.71. The number of hydrogen-bond acceptors (Lipinski definition) is 5. The lowest BCUT2D eigenvalue weighted by atomic mass is 9.97. The molecular formula is C30H33N5O2. The van der Waals surface area contributed by atoms with Crippen LogP contribution in [0.15, 0.2) is 53.7 Å². The van der Waals surface area contributed by atoms with Crippen LogP contribution in [0.2, 0.25) is 0 Å². The van der Waals surface area contributed by atoms with Gasteiger partial charge in [-0.15, -0.1) is 0 Å². The summed E-state index contributed by atoms with van der Waals surface area (Å²) >= 11 is 0. The summed E-state index contributed by atoms with van der Waals surface area (Å²) in [5, 5.41) is 17.0. The van der Waals surface area contributed by atoms with Gasteiger partial charge < -0.3 is 14.9 Å². The van der Waals surface area contributed by atoms with Gasteiger partial charge in [-0.2, -0.15) is 5.10 Å². The average Bonchev–Trinajstić information content (AvgIpc) is 3.77. The fraction of sp³-hybridized carbons (Fsp3) is 0.500. The normalized spacial score (nSPS) is 24.6. The molecule has 1 spiro atoms. The lowest BCUT2D eigenvalue weighted by Crippen LogP contribution is -2.56. The molecule has 0 bridgehead atoms. The fourth-order valence-electron chi connectivity index (χ4n) is 6.15. The Morgan fingerprint density at radius 2 is 1.65 bits per heavy atom. The number of aliphatic imine (C=N–C) groups is 1. The first-order valence-electron chi connectivity index (χ1n) is 14.0. The minimum absolute atomic E-state index is 0.281. The number of carbonyl (C=O) groups excluding carboxylic acids is 1. The Kier molecular flexibility index (Phi) is 4.67. The van der Waals surface area contributed by atoms with E-state index in [1.165, 1.54) is 34.9 Å². The number of aliphatic hydroxyl groups is 1. The summed E-state index contributed by atoms with van der Waals surface area (Å²) < 4.78 is 2.15. The number of aromatic nitrogens is 2. The van der Waals surface area contributed by atoms with E-state index in [2.05, 4.69) is 57.1 Å². The third kappa shape index (κ3) is 3.78. The van der Waals surface area contributed by atoms with Crippen molar-refractivity contribution in [1.82, 2.24) is 19.6 Å². The topological polar surface area (TPSA) is 74.0 Å². The van der Waals surface area contributed by atoms with Crippen LogP contribution in [0.1, 0.15) is 44.1 Å². The lowest BCUT2D eigenvalue weighted by Gasteiger charge is -2.42. The van der Waals surface area contributed by atoms with Gasteiger partial charge >= 0.3 is 0 Å². The van der Waals surface area contributed by atoms with Gasteiger partial charge in [-0.1, -0.05) is 30.3 Å². The van der Waals surface area contributed by atoms with Gasteiger partial charge in [-0.05, 0) is 67.7 Å². The standard InChI is InChI=1S/C30H33N5O2/c36-28(23-7-8-23)33-15-20(16-33)17-34-27(32-30(11-12-30)29(34)37)22-5-3-21(4-6-22)24-9-10-26-25(13-24)14-31-35(26)18-19-1-2-19/h3-6,9-10,13-14,19-20,23,29,37H,1-2,7-8,11-12,15-18H2. The van der Waals surface area contributed by atoms with Gasteiger partial charge in [0.2, 0.25) is 5.91 Å². The molecule has 0 radical (unpaired) electrons. The Hall–Kier alpha value is -3.19. The molecular weight excluding hydrogens is 462 g/mol. The quantitative estimate of drug-likeness (QED) is 0.540. The Morgan fingerprint density at radius 3 is 2.35 bits per heavy atom. The van der Waals surface area contributed by atoms with E-state index in [4.69, 9.17) is 4.99 Å². The SMILES string of the molecule is O=C(C1CC1)N1CC(CN2C(c3ccc(-c4ccc5c(cnn5CC5CC5)c4)cc3)=NC3(CC3)C2O)C1. The third-order valence-corrected chi connectivity index (χ3v) is 9.04. The van der Waals surface area contributed by atoms with E-state index in [-0.39, 0.29) is 11.5 Å². The van der Waals surface area contributed by atoms with Gasteiger partial charge in [-0.25, -0.2) is 0 Å². The molecule has 4 fully saturated rings. The number of nitrogens with zero attached hydrogens (tertiary/aromatic N) is 5. The molecule has 7 nitrogen and oxygen atoms in total. The molecule has 1 N–H and O–H groups in total. The van der Waals surface area contributed by atoms with Gasteiger partial charge in [0.05, 0.1) is 11.7 Å². The van der Waals surface area contributed by atoms with Crippen molar-refractivity contribution in [2.75, 3.05) is 19.6 Å². The van der Waals surface area contributed by atoms with Gasteiger partial charge in [-0.3, -0.25) is 14.5 Å². The highest BCUT2D eigenvalue weighted by atomic mass is 16.3. The summed E-state index contributed by atoms with van der Waals surface area (Å²) in [7, 11) is 0. The molecule has 3 aromatic rings. The van der Waals surface area contributed by atoms with E-state index in [0.29, 0.717) is 11.8 Å². The lowest BCUT2D eigenvalue weighted by molar-refractivity contribution is -0.139. The minimum atomic E-state index is -0.565. The van der Waals surface area contributed by atoms with Crippen LogP contribution in [-0.4, -0.2) is 67.8 Å². The third-order valence-electron chi connectivity index (χ3n) is 9.04. The van der Waals surface area contributed by atoms with Gasteiger partial charge in [0, 0.05) is 49.0 Å².